The van der Waals surface area contributed by atoms with Gasteiger partial charge in [-0.25, -0.2) is 0 Å². The standard InChI is InChI=1S/C71H54N2/c1-70(2)63-34-17-13-31-57(63)59-41-39-54(46-65(59)70)72(53-28-11-6-12-29-53)67-36-19-15-30-56(67)50-23-21-22-48(44-50)49-38-43-69-62(45-49)61-33-16-20-37-68(61)73(69)55-40-42-60-58-32-14-18-35-64(58)71(66(60)47-55,52-26-9-5-10-27-52)51-24-7-3-4-8-25-51/h5-7,9-47H,3-4,8H2,1-2H3. The number of benzene rings is 10. The van der Waals surface area contributed by atoms with E-state index in [2.05, 4.69) is 278 Å². The first-order valence-electron chi connectivity index (χ1n) is 26.0. The molecule has 73 heavy (non-hydrogen) atoms. The highest BCUT2D eigenvalue weighted by Crippen LogP contribution is 2.58. The van der Waals surface area contributed by atoms with Gasteiger partial charge < -0.3 is 9.47 Å². The van der Waals surface area contributed by atoms with Gasteiger partial charge in [-0.1, -0.05) is 202 Å². The molecule has 3 aliphatic carbocycles. The van der Waals surface area contributed by atoms with Crippen molar-refractivity contribution in [2.75, 3.05) is 4.90 Å². The second-order valence-corrected chi connectivity index (χ2v) is 20.6. The molecule has 0 fully saturated rings. The largest absolute Gasteiger partial charge is 0.310 e. The molecule has 0 spiro atoms. The van der Waals surface area contributed by atoms with Crippen LogP contribution in [0.4, 0.5) is 17.1 Å². The Kier molecular flexibility index (Phi) is 10.0. The first-order valence-corrected chi connectivity index (χ1v) is 26.0. The lowest BCUT2D eigenvalue weighted by Gasteiger charge is -2.35. The van der Waals surface area contributed by atoms with Gasteiger partial charge in [-0.15, -0.1) is 0 Å². The van der Waals surface area contributed by atoms with Crippen LogP contribution in [-0.4, -0.2) is 4.57 Å². The molecule has 10 aromatic carbocycles. The van der Waals surface area contributed by atoms with Crippen molar-refractivity contribution in [3.05, 3.63) is 288 Å². The molecular weight excluding hydrogens is 881 g/mol. The molecular formula is C71H54N2. The van der Waals surface area contributed by atoms with Gasteiger partial charge in [0.25, 0.3) is 0 Å². The molecule has 0 N–H and O–H groups in total. The fraction of sp³-hybridized carbons (Fsp3) is 0.0986. The Labute approximate surface area is 428 Å². The van der Waals surface area contributed by atoms with Crippen molar-refractivity contribution in [2.45, 2.75) is 43.9 Å². The number of para-hydroxylation sites is 3. The van der Waals surface area contributed by atoms with Gasteiger partial charge in [-0.2, -0.15) is 0 Å². The van der Waals surface area contributed by atoms with Gasteiger partial charge in [0.05, 0.1) is 22.1 Å². The van der Waals surface area contributed by atoms with Gasteiger partial charge in [0.15, 0.2) is 0 Å². The van der Waals surface area contributed by atoms with E-state index in [0.29, 0.717) is 0 Å². The number of nitrogens with zero attached hydrogens (tertiary/aromatic N) is 2. The SMILES string of the molecule is CC1(C)c2ccccc2-c2ccc(N(c3ccccc3)c3ccccc3-c3cccc(-c4ccc5c(c4)c4ccccc4n5-c4ccc5c(c4)C(C4=CCCCC=C4)(c4ccccc4)c4ccccc4-5)c3)cc21. The molecule has 1 heterocycles. The predicted molar refractivity (Wildman–Crippen MR) is 307 cm³/mol. The molecule has 14 rings (SSSR count). The van der Waals surface area contributed by atoms with Crippen LogP contribution in [0.5, 0.6) is 0 Å². The van der Waals surface area contributed by atoms with Gasteiger partial charge >= 0.3 is 0 Å². The Morgan fingerprint density at radius 2 is 1.05 bits per heavy atom. The van der Waals surface area contributed by atoms with Crippen molar-refractivity contribution in [1.82, 2.24) is 4.57 Å². The van der Waals surface area contributed by atoms with E-state index < -0.39 is 5.41 Å². The van der Waals surface area contributed by atoms with E-state index in [1.165, 1.54) is 105 Å². The molecule has 2 nitrogen and oxygen atoms in total. The molecule has 2 heteroatoms. The first kappa shape index (κ1) is 43.1. The molecule has 0 aliphatic heterocycles. The lowest BCUT2D eigenvalue weighted by Crippen LogP contribution is -2.29. The molecule has 1 unspecified atom stereocenters. The smallest absolute Gasteiger partial charge is 0.0711 e. The molecule has 1 aromatic heterocycles. The van der Waals surface area contributed by atoms with Gasteiger partial charge in [-0.3, -0.25) is 0 Å². The molecule has 0 amide bonds. The summed E-state index contributed by atoms with van der Waals surface area (Å²) >= 11 is 0. The van der Waals surface area contributed by atoms with Crippen molar-refractivity contribution in [3.63, 3.8) is 0 Å². The van der Waals surface area contributed by atoms with Crippen molar-refractivity contribution >= 4 is 38.9 Å². The lowest BCUT2D eigenvalue weighted by atomic mass is 9.67. The van der Waals surface area contributed by atoms with Crippen molar-refractivity contribution < 1.29 is 0 Å². The molecule has 0 bridgehead atoms. The molecule has 1 atom stereocenters. The highest BCUT2D eigenvalue weighted by molar-refractivity contribution is 6.11. The highest BCUT2D eigenvalue weighted by Gasteiger charge is 2.47. The summed E-state index contributed by atoms with van der Waals surface area (Å²) in [5.74, 6) is 0. The van der Waals surface area contributed by atoms with Crippen molar-refractivity contribution in [1.29, 1.82) is 0 Å². The first-order chi connectivity index (χ1) is 36.0. The van der Waals surface area contributed by atoms with Gasteiger partial charge in [0.1, 0.15) is 0 Å². The van der Waals surface area contributed by atoms with Crippen LogP contribution in [-0.2, 0) is 10.8 Å². The van der Waals surface area contributed by atoms with Crippen LogP contribution < -0.4 is 4.90 Å². The zero-order valence-corrected chi connectivity index (χ0v) is 41.3. The van der Waals surface area contributed by atoms with E-state index in [9.17, 15) is 0 Å². The monoisotopic (exact) mass is 934 g/mol. The summed E-state index contributed by atoms with van der Waals surface area (Å²) in [4.78, 5) is 2.44. The zero-order chi connectivity index (χ0) is 48.7. The van der Waals surface area contributed by atoms with E-state index in [-0.39, 0.29) is 5.41 Å². The third kappa shape index (κ3) is 6.63. The minimum Gasteiger partial charge on any atom is -0.310 e. The quantitative estimate of drug-likeness (QED) is 0.147. The lowest BCUT2D eigenvalue weighted by molar-refractivity contribution is 0.660. The maximum Gasteiger partial charge on any atom is 0.0711 e. The van der Waals surface area contributed by atoms with E-state index in [1.54, 1.807) is 0 Å². The van der Waals surface area contributed by atoms with Crippen LogP contribution in [0.15, 0.2) is 260 Å². The maximum atomic E-state index is 2.51. The number of hydrogen-bond acceptors (Lipinski definition) is 1. The predicted octanol–water partition coefficient (Wildman–Crippen LogP) is 18.9. The van der Waals surface area contributed by atoms with Crippen LogP contribution in [0, 0.1) is 0 Å². The van der Waals surface area contributed by atoms with Crippen molar-refractivity contribution in [3.8, 4) is 50.2 Å². The van der Waals surface area contributed by atoms with Gasteiger partial charge in [0, 0.05) is 38.8 Å². The summed E-state index contributed by atoms with van der Waals surface area (Å²) in [5, 5.41) is 2.48. The highest BCUT2D eigenvalue weighted by atomic mass is 15.1. The Balaban J connectivity index is 0.889. The average Bonchev–Trinajstić information content (AvgIpc) is 3.89. The number of fused-ring (bicyclic) bond motifs is 9. The number of hydrogen-bond donors (Lipinski definition) is 0. The minimum atomic E-state index is -0.442. The normalized spacial score (nSPS) is 16.1. The number of rotatable bonds is 8. The summed E-state index contributed by atoms with van der Waals surface area (Å²) in [6.07, 6.45) is 10.6. The summed E-state index contributed by atoms with van der Waals surface area (Å²) < 4.78 is 2.49. The third-order valence-electron chi connectivity index (χ3n) is 16.3. The topological polar surface area (TPSA) is 8.17 Å². The second kappa shape index (κ2) is 17.0. The Bertz CT molecular complexity index is 4040. The Hall–Kier alpha value is -8.72. The van der Waals surface area contributed by atoms with E-state index in [0.717, 1.165) is 36.3 Å². The molecule has 11 aromatic rings. The van der Waals surface area contributed by atoms with Crippen LogP contribution >= 0.6 is 0 Å². The Morgan fingerprint density at radius 3 is 1.90 bits per heavy atom. The summed E-state index contributed by atoms with van der Waals surface area (Å²) in [6.45, 7) is 4.72. The third-order valence-corrected chi connectivity index (χ3v) is 16.3. The number of anilines is 3. The fourth-order valence-corrected chi connectivity index (χ4v) is 13.0. The van der Waals surface area contributed by atoms with Crippen molar-refractivity contribution in [2.24, 2.45) is 0 Å². The number of aromatic nitrogens is 1. The second-order valence-electron chi connectivity index (χ2n) is 20.6. The molecule has 348 valence electrons. The van der Waals surface area contributed by atoms with Crippen LogP contribution in [0.2, 0.25) is 0 Å². The summed E-state index contributed by atoms with van der Waals surface area (Å²) in [5.41, 5.74) is 24.5. The van der Waals surface area contributed by atoms with Gasteiger partial charge in [0.2, 0.25) is 0 Å². The van der Waals surface area contributed by atoms with Crippen LogP contribution in [0.1, 0.15) is 60.9 Å². The van der Waals surface area contributed by atoms with E-state index >= 15 is 0 Å². The Morgan fingerprint density at radius 1 is 0.411 bits per heavy atom. The van der Waals surface area contributed by atoms with Gasteiger partial charge in [-0.05, 0) is 158 Å². The van der Waals surface area contributed by atoms with Crippen LogP contribution in [0.25, 0.3) is 72.0 Å². The number of allylic oxidation sites excluding steroid dienone is 4. The average molecular weight is 935 g/mol. The molecule has 3 aliphatic rings. The zero-order valence-electron chi connectivity index (χ0n) is 41.3. The fourth-order valence-electron chi connectivity index (χ4n) is 13.0. The summed E-state index contributed by atoms with van der Waals surface area (Å²) in [6, 6.07) is 88.4. The maximum absolute atomic E-state index is 2.51. The van der Waals surface area contributed by atoms with Crippen LogP contribution in [0.3, 0.4) is 0 Å². The summed E-state index contributed by atoms with van der Waals surface area (Å²) in [7, 11) is 0. The van der Waals surface area contributed by atoms with E-state index in [4.69, 9.17) is 0 Å². The van der Waals surface area contributed by atoms with E-state index in [1.807, 2.05) is 0 Å². The molecule has 0 saturated carbocycles. The minimum absolute atomic E-state index is 0.114. The molecule has 0 saturated heterocycles. The molecule has 0 radical (unpaired) electrons.